The Bertz CT molecular complexity index is 400. The summed E-state index contributed by atoms with van der Waals surface area (Å²) in [5, 5.41) is 11.3. The lowest BCUT2D eigenvalue weighted by atomic mass is 10.1. The van der Waals surface area contributed by atoms with E-state index in [1.165, 1.54) is 6.20 Å². The Morgan fingerprint density at radius 2 is 2.16 bits per heavy atom. The molecular formula is C12H18ClN3O3. The number of rotatable bonds is 7. The molecule has 6 nitrogen and oxygen atoms in total. The fourth-order valence-corrected chi connectivity index (χ4v) is 1.41. The number of halogens is 1. The van der Waals surface area contributed by atoms with Gasteiger partial charge in [-0.25, -0.2) is 0 Å². The van der Waals surface area contributed by atoms with Crippen molar-refractivity contribution in [2.24, 2.45) is 5.73 Å². The Morgan fingerprint density at radius 1 is 1.42 bits per heavy atom. The van der Waals surface area contributed by atoms with Crippen LogP contribution in [0.2, 0.25) is 0 Å². The number of nitrogens with zero attached hydrogens (tertiary/aromatic N) is 1. The van der Waals surface area contributed by atoms with Gasteiger partial charge in [-0.3, -0.25) is 14.6 Å². The first-order chi connectivity index (χ1) is 8.61. The number of aromatic nitrogens is 1. The lowest BCUT2D eigenvalue weighted by Crippen LogP contribution is -2.30. The van der Waals surface area contributed by atoms with E-state index in [0.29, 0.717) is 31.4 Å². The van der Waals surface area contributed by atoms with Crippen LogP contribution in [-0.2, 0) is 4.79 Å². The molecule has 106 valence electrons. The first kappa shape index (κ1) is 17.3. The van der Waals surface area contributed by atoms with Gasteiger partial charge in [-0.1, -0.05) is 0 Å². The number of pyridine rings is 1. The van der Waals surface area contributed by atoms with Crippen LogP contribution in [-0.4, -0.2) is 34.6 Å². The molecule has 1 aromatic heterocycles. The number of carboxylic acids is 1. The van der Waals surface area contributed by atoms with Crippen molar-refractivity contribution in [2.75, 3.05) is 6.54 Å². The molecule has 0 aliphatic rings. The first-order valence-electron chi connectivity index (χ1n) is 5.78. The van der Waals surface area contributed by atoms with Crippen LogP contribution < -0.4 is 11.1 Å². The fraction of sp³-hybridized carbons (Fsp3) is 0.417. The lowest BCUT2D eigenvalue weighted by molar-refractivity contribution is -0.138. The van der Waals surface area contributed by atoms with Crippen molar-refractivity contribution in [3.63, 3.8) is 0 Å². The van der Waals surface area contributed by atoms with E-state index in [9.17, 15) is 9.59 Å². The maximum absolute atomic E-state index is 11.6. The van der Waals surface area contributed by atoms with Crippen molar-refractivity contribution in [3.8, 4) is 0 Å². The number of aliphatic carboxylic acids is 1. The number of hydrogen-bond donors (Lipinski definition) is 3. The average Bonchev–Trinajstić information content (AvgIpc) is 2.38. The van der Waals surface area contributed by atoms with Crippen LogP contribution in [0.3, 0.4) is 0 Å². The Morgan fingerprint density at radius 3 is 2.74 bits per heavy atom. The standard InChI is InChI=1S/C12H17N3O3.ClH/c13-10(12(17)18)5-1-2-7-15-11(16)9-4-3-6-14-8-9;/h3-4,6,8,10H,1-2,5,7,13H2,(H,15,16)(H,17,18);1H. The van der Waals surface area contributed by atoms with E-state index in [1.807, 2.05) is 0 Å². The summed E-state index contributed by atoms with van der Waals surface area (Å²) in [5.41, 5.74) is 5.87. The predicted octanol–water partition coefficient (Wildman–Crippen LogP) is 0.815. The van der Waals surface area contributed by atoms with E-state index < -0.39 is 12.0 Å². The van der Waals surface area contributed by atoms with Crippen LogP contribution in [0, 0.1) is 0 Å². The van der Waals surface area contributed by atoms with Crippen molar-refractivity contribution < 1.29 is 14.7 Å². The summed E-state index contributed by atoms with van der Waals surface area (Å²) in [7, 11) is 0. The average molecular weight is 288 g/mol. The summed E-state index contributed by atoms with van der Waals surface area (Å²) in [6.07, 6.45) is 4.88. The second-order valence-electron chi connectivity index (χ2n) is 3.94. The molecule has 1 atom stereocenters. The van der Waals surface area contributed by atoms with E-state index in [4.69, 9.17) is 10.8 Å². The number of hydrogen-bond acceptors (Lipinski definition) is 4. The van der Waals surface area contributed by atoms with Gasteiger partial charge in [-0.2, -0.15) is 0 Å². The van der Waals surface area contributed by atoms with E-state index in [1.54, 1.807) is 18.3 Å². The fourth-order valence-electron chi connectivity index (χ4n) is 1.41. The van der Waals surface area contributed by atoms with Crippen LogP contribution in [0.4, 0.5) is 0 Å². The monoisotopic (exact) mass is 287 g/mol. The topological polar surface area (TPSA) is 105 Å². The first-order valence-corrected chi connectivity index (χ1v) is 5.78. The van der Waals surface area contributed by atoms with Gasteiger partial charge in [-0.15, -0.1) is 12.4 Å². The Balaban J connectivity index is 0.00000324. The molecule has 1 unspecified atom stereocenters. The van der Waals surface area contributed by atoms with Gasteiger partial charge in [0, 0.05) is 18.9 Å². The summed E-state index contributed by atoms with van der Waals surface area (Å²) in [6.45, 7) is 0.500. The number of carbonyl (C=O) groups excluding carboxylic acids is 1. The molecule has 1 aromatic rings. The van der Waals surface area contributed by atoms with Crippen LogP contribution >= 0.6 is 12.4 Å². The van der Waals surface area contributed by atoms with Gasteiger partial charge in [-0.05, 0) is 31.4 Å². The Labute approximate surface area is 117 Å². The molecule has 1 rings (SSSR count). The van der Waals surface area contributed by atoms with Gasteiger partial charge in [0.25, 0.3) is 5.91 Å². The molecule has 1 heterocycles. The van der Waals surface area contributed by atoms with Crippen molar-refractivity contribution in [2.45, 2.75) is 25.3 Å². The molecule has 0 spiro atoms. The molecule has 0 aromatic carbocycles. The second-order valence-corrected chi connectivity index (χ2v) is 3.94. The molecule has 0 bridgehead atoms. The highest BCUT2D eigenvalue weighted by molar-refractivity contribution is 5.93. The zero-order chi connectivity index (χ0) is 13.4. The molecule has 1 amide bonds. The third-order valence-electron chi connectivity index (χ3n) is 2.47. The highest BCUT2D eigenvalue weighted by atomic mass is 35.5. The van der Waals surface area contributed by atoms with Crippen molar-refractivity contribution in [3.05, 3.63) is 30.1 Å². The van der Waals surface area contributed by atoms with Crippen LogP contribution in [0.25, 0.3) is 0 Å². The summed E-state index contributed by atoms with van der Waals surface area (Å²) < 4.78 is 0. The summed E-state index contributed by atoms with van der Waals surface area (Å²) in [6, 6.07) is 2.56. The minimum Gasteiger partial charge on any atom is -0.480 e. The molecule has 0 saturated heterocycles. The smallest absolute Gasteiger partial charge is 0.320 e. The van der Waals surface area contributed by atoms with Gasteiger partial charge >= 0.3 is 5.97 Å². The van der Waals surface area contributed by atoms with Crippen molar-refractivity contribution in [1.82, 2.24) is 10.3 Å². The summed E-state index contributed by atoms with van der Waals surface area (Å²) in [4.78, 5) is 25.9. The van der Waals surface area contributed by atoms with E-state index >= 15 is 0 Å². The maximum Gasteiger partial charge on any atom is 0.320 e. The molecule has 0 radical (unpaired) electrons. The molecule has 19 heavy (non-hydrogen) atoms. The molecule has 7 heteroatoms. The molecular weight excluding hydrogens is 270 g/mol. The van der Waals surface area contributed by atoms with Crippen molar-refractivity contribution >= 4 is 24.3 Å². The van der Waals surface area contributed by atoms with Gasteiger partial charge < -0.3 is 16.2 Å². The third kappa shape index (κ3) is 6.73. The number of carboxylic acid groups (broad SMARTS) is 1. The quantitative estimate of drug-likeness (QED) is 0.644. The van der Waals surface area contributed by atoms with Gasteiger partial charge in [0.15, 0.2) is 0 Å². The second kappa shape index (κ2) is 9.29. The molecule has 0 aliphatic carbocycles. The van der Waals surface area contributed by atoms with Crippen LogP contribution in [0.5, 0.6) is 0 Å². The summed E-state index contributed by atoms with van der Waals surface area (Å²) >= 11 is 0. The number of amides is 1. The van der Waals surface area contributed by atoms with E-state index in [2.05, 4.69) is 10.3 Å². The maximum atomic E-state index is 11.6. The zero-order valence-electron chi connectivity index (χ0n) is 10.4. The normalized spacial score (nSPS) is 11.2. The SMILES string of the molecule is Cl.NC(CCCCNC(=O)c1cccnc1)C(=O)O. The van der Waals surface area contributed by atoms with E-state index in [-0.39, 0.29) is 18.3 Å². The number of carbonyl (C=O) groups is 2. The predicted molar refractivity (Wildman–Crippen MR) is 73.3 cm³/mol. The van der Waals surface area contributed by atoms with Gasteiger partial charge in [0.1, 0.15) is 6.04 Å². The third-order valence-corrected chi connectivity index (χ3v) is 2.47. The molecule has 0 saturated carbocycles. The molecule has 4 N–H and O–H groups in total. The Kier molecular flexibility index (Phi) is 8.48. The number of nitrogens with two attached hydrogens (primary N) is 1. The van der Waals surface area contributed by atoms with Crippen molar-refractivity contribution in [1.29, 1.82) is 0 Å². The molecule has 0 aliphatic heterocycles. The number of nitrogens with one attached hydrogen (secondary N) is 1. The van der Waals surface area contributed by atoms with Crippen LogP contribution in [0.15, 0.2) is 24.5 Å². The zero-order valence-corrected chi connectivity index (χ0v) is 11.2. The van der Waals surface area contributed by atoms with Gasteiger partial charge in [0.2, 0.25) is 0 Å². The van der Waals surface area contributed by atoms with E-state index in [0.717, 1.165) is 0 Å². The lowest BCUT2D eigenvalue weighted by Gasteiger charge is -2.07. The Hall–Kier alpha value is -1.66. The minimum atomic E-state index is -0.991. The highest BCUT2D eigenvalue weighted by Crippen LogP contribution is 1.99. The number of unbranched alkanes of at least 4 members (excludes halogenated alkanes) is 1. The minimum absolute atomic E-state index is 0. The molecule has 0 fully saturated rings. The highest BCUT2D eigenvalue weighted by Gasteiger charge is 2.10. The van der Waals surface area contributed by atoms with Crippen LogP contribution in [0.1, 0.15) is 29.6 Å². The summed E-state index contributed by atoms with van der Waals surface area (Å²) in [5.74, 6) is -1.17. The van der Waals surface area contributed by atoms with Gasteiger partial charge in [0.05, 0.1) is 5.56 Å². The largest absolute Gasteiger partial charge is 0.480 e.